The Bertz CT molecular complexity index is 3270. The Morgan fingerprint density at radius 1 is 0.821 bits per heavy atom. The van der Waals surface area contributed by atoms with Crippen LogP contribution in [0.15, 0.2) is 161 Å². The van der Waals surface area contributed by atoms with Crippen LogP contribution in [0.1, 0.15) is 113 Å². The Balaban J connectivity index is 1.13. The van der Waals surface area contributed by atoms with Gasteiger partial charge in [0.05, 0.1) is 29.5 Å². The van der Waals surface area contributed by atoms with Gasteiger partial charge in [-0.25, -0.2) is 19.4 Å². The summed E-state index contributed by atoms with van der Waals surface area (Å²) in [6.07, 6.45) is -6.91. The lowest BCUT2D eigenvalue weighted by molar-refractivity contribution is -0.345. The summed E-state index contributed by atoms with van der Waals surface area (Å²) < 4.78 is 45.2. The number of hydrogen-bond acceptors (Lipinski definition) is 17. The Hall–Kier alpha value is -6.61. The Morgan fingerprint density at radius 2 is 1.44 bits per heavy atom. The molecule has 2 heterocycles. The third-order valence-corrected chi connectivity index (χ3v) is 24.8. The first-order chi connectivity index (χ1) is 39.7. The fraction of sp³-hybridized carbons (Fsp3) is 0.431. The van der Waals surface area contributed by atoms with E-state index in [0.717, 1.165) is 9.92 Å². The number of ketones is 1. The Morgan fingerprint density at radius 3 is 2.02 bits per heavy atom. The van der Waals surface area contributed by atoms with E-state index in [1.54, 1.807) is 126 Å². The van der Waals surface area contributed by atoms with Crippen molar-refractivity contribution >= 4 is 65.7 Å². The van der Waals surface area contributed by atoms with Gasteiger partial charge in [0.2, 0.25) is 0 Å². The van der Waals surface area contributed by atoms with Crippen LogP contribution in [0.3, 0.4) is 0 Å². The molecule has 2 N–H and O–H groups in total. The highest BCUT2D eigenvalue weighted by Crippen LogP contribution is 2.65. The minimum absolute atomic E-state index is 0.108. The number of Topliss-reactive ketones (excluding diaryl/α,β-unsaturated/α-hetero) is 1. The van der Waals surface area contributed by atoms with Gasteiger partial charge in [-0.2, -0.15) is 0 Å². The molecule has 2 bridgehead atoms. The van der Waals surface area contributed by atoms with Crippen molar-refractivity contribution in [2.24, 2.45) is 22.7 Å². The van der Waals surface area contributed by atoms with E-state index in [1.807, 2.05) is 82.4 Å². The number of fused-ring (bicyclic) bond motifs is 5. The van der Waals surface area contributed by atoms with Gasteiger partial charge in [-0.3, -0.25) is 14.4 Å². The molecule has 84 heavy (non-hydrogen) atoms. The summed E-state index contributed by atoms with van der Waals surface area (Å²) in [5, 5.41) is 17.9. The Kier molecular flexibility index (Phi) is 18.0. The van der Waals surface area contributed by atoms with Crippen molar-refractivity contribution in [3.8, 4) is 0 Å². The van der Waals surface area contributed by atoms with E-state index in [2.05, 4.69) is 10.3 Å². The average Bonchev–Trinajstić information content (AvgIpc) is 0.690. The maximum absolute atomic E-state index is 16.4. The van der Waals surface area contributed by atoms with Gasteiger partial charge >= 0.3 is 24.1 Å². The van der Waals surface area contributed by atoms with Crippen LogP contribution in [-0.2, 0) is 53.8 Å². The molecule has 11 atom stereocenters. The molecule has 1 saturated heterocycles. The monoisotopic (exact) mass is 1200 g/mol. The normalized spacial score (nSPS) is 26.9. The second kappa shape index (κ2) is 24.4. The van der Waals surface area contributed by atoms with Crippen LogP contribution in [0.2, 0.25) is 18.1 Å². The summed E-state index contributed by atoms with van der Waals surface area (Å²) in [4.78, 5) is 94.2. The largest absolute Gasteiger partial charge is 0.508 e. The zero-order chi connectivity index (χ0) is 60.6. The molecule has 16 nitrogen and oxygen atoms in total. The van der Waals surface area contributed by atoms with E-state index in [0.29, 0.717) is 27.8 Å². The van der Waals surface area contributed by atoms with Crippen LogP contribution < -0.4 is 5.32 Å². The summed E-state index contributed by atoms with van der Waals surface area (Å²) >= 11 is 0. The zero-order valence-electron chi connectivity index (χ0n) is 49.2. The van der Waals surface area contributed by atoms with E-state index >= 15 is 9.59 Å². The van der Waals surface area contributed by atoms with E-state index in [9.17, 15) is 24.3 Å². The van der Waals surface area contributed by atoms with Crippen LogP contribution in [0, 0.1) is 22.7 Å². The number of ether oxygens (including phenoxy) is 6. The molecule has 1 aliphatic heterocycles. The number of aliphatic hydroxyl groups is 1. The highest BCUT2D eigenvalue weighted by atomic mass is 33.1. The van der Waals surface area contributed by atoms with Gasteiger partial charge in [-0.05, 0) is 114 Å². The van der Waals surface area contributed by atoms with E-state index in [4.69, 9.17) is 32.8 Å². The maximum atomic E-state index is 16.4. The smallest absolute Gasteiger partial charge is 0.456 e. The molecule has 4 aliphatic rings. The molecule has 4 aromatic carbocycles. The highest BCUT2D eigenvalue weighted by Gasteiger charge is 2.78. The first kappa shape index (κ1) is 61.9. The summed E-state index contributed by atoms with van der Waals surface area (Å²) in [5.41, 5.74) is -4.92. The fourth-order valence-electron chi connectivity index (χ4n) is 12.6. The number of esters is 3. The van der Waals surface area contributed by atoms with Gasteiger partial charge in [0.25, 0.3) is 5.91 Å². The predicted molar refractivity (Wildman–Crippen MR) is 319 cm³/mol. The van der Waals surface area contributed by atoms with E-state index < -0.39 is 126 Å². The molecule has 19 heteroatoms. The lowest BCUT2D eigenvalue weighted by atomic mass is 9.43. The molecular formula is C65H74N2O14S2Si. The SMILES string of the molecule is CC(=O)O[C@@]12COC1C[C@H](OC(=O)OCc1ccc(SSc3ccccn3)cc1)[C@@]1(C)C(=O)[C@H](C)C3=C(C)C(OC(=O)[C@H](O[Si](C)(C)C(C)(C)C)C(NC(=O)c4ccccc4)c4ccccc4)C[C@@](O)([C@@H](OC(=O)c4ccccc4)[C@@H]12)C3(C)C. The topological polar surface area (TPSA) is 212 Å². The first-order valence-electron chi connectivity index (χ1n) is 28.2. The number of rotatable bonds is 17. The molecule has 3 unspecified atom stereocenters. The third kappa shape index (κ3) is 12.0. The summed E-state index contributed by atoms with van der Waals surface area (Å²) in [7, 11) is 0.0994. The van der Waals surface area contributed by atoms with Crippen LogP contribution >= 0.6 is 21.6 Å². The van der Waals surface area contributed by atoms with Gasteiger partial charge in [-0.15, -0.1) is 0 Å². The minimum Gasteiger partial charge on any atom is -0.456 e. The second-order valence-corrected chi connectivity index (χ2v) is 31.5. The van der Waals surface area contributed by atoms with Crippen LogP contribution in [0.5, 0.6) is 0 Å². The first-order valence-corrected chi connectivity index (χ1v) is 33.3. The number of carbonyl (C=O) groups is 6. The number of carbonyl (C=O) groups excluding carboxylic acids is 6. The third-order valence-electron chi connectivity index (χ3n) is 18.1. The molecule has 1 amide bonds. The van der Waals surface area contributed by atoms with E-state index in [1.165, 1.54) is 28.5 Å². The van der Waals surface area contributed by atoms with Gasteiger partial charge in [0.1, 0.15) is 47.4 Å². The van der Waals surface area contributed by atoms with Gasteiger partial charge in [0, 0.05) is 47.8 Å². The molecule has 2 saturated carbocycles. The molecule has 444 valence electrons. The minimum atomic E-state index is -2.93. The van der Waals surface area contributed by atoms with Crippen molar-refractivity contribution in [2.45, 2.75) is 158 Å². The van der Waals surface area contributed by atoms with Crippen molar-refractivity contribution in [1.82, 2.24) is 10.3 Å². The molecule has 3 aliphatic carbocycles. The predicted octanol–water partition coefficient (Wildman–Crippen LogP) is 12.0. The molecule has 3 fully saturated rings. The van der Waals surface area contributed by atoms with Crippen LogP contribution in [0.25, 0.3) is 0 Å². The molecule has 0 radical (unpaired) electrons. The zero-order valence-corrected chi connectivity index (χ0v) is 51.9. The van der Waals surface area contributed by atoms with Crippen molar-refractivity contribution in [2.75, 3.05) is 6.61 Å². The number of benzene rings is 4. The summed E-state index contributed by atoms with van der Waals surface area (Å²) in [6, 6.07) is 37.7. The maximum Gasteiger partial charge on any atom is 0.508 e. The van der Waals surface area contributed by atoms with Gasteiger partial charge < -0.3 is 43.3 Å². The fourth-order valence-corrected chi connectivity index (χ4v) is 15.7. The standard InChI is InChI=1S/C65H74N2O14S2Si/c1-39-47(77-59(72)53(81-84(10,11)61(4,5)6)52(43-23-15-12-16-24-43)67-57(70)44-25-17-13-18-26-44)36-65(74)56(79-58(71)45-27-19-14-20-28-45)54-63(9,55(69)40(2)51(39)62(65,7)8)48(35-49-64(54,38-76-49)80-41(3)68)78-60(73)75-37-42-30-32-46(33-31-42)82-83-50-29-21-22-34-66-50/h12-34,40,47-49,52-54,56,74H,35-38H2,1-11H3,(H,67,70)/t40-,47?,48+,49?,52?,53-,54+,56+,63-,64+,65-/m1/s1. The second-order valence-electron chi connectivity index (χ2n) is 24.5. The molecule has 0 spiro atoms. The van der Waals surface area contributed by atoms with E-state index in [-0.39, 0.29) is 25.2 Å². The van der Waals surface area contributed by atoms with Gasteiger partial charge in [0.15, 0.2) is 20.0 Å². The van der Waals surface area contributed by atoms with Crippen molar-refractivity contribution in [3.63, 3.8) is 0 Å². The summed E-state index contributed by atoms with van der Waals surface area (Å²) in [6.45, 7) is 19.3. The van der Waals surface area contributed by atoms with Crippen molar-refractivity contribution < 1.29 is 66.7 Å². The lowest BCUT2D eigenvalue weighted by Gasteiger charge is -2.67. The Labute approximate surface area is 500 Å². The van der Waals surface area contributed by atoms with Crippen molar-refractivity contribution in [1.29, 1.82) is 0 Å². The number of pyridine rings is 1. The van der Waals surface area contributed by atoms with Crippen LogP contribution in [-0.4, -0.2) is 102 Å². The lowest BCUT2D eigenvalue weighted by Crippen LogP contribution is -2.81. The molecular weight excluding hydrogens is 1120 g/mol. The van der Waals surface area contributed by atoms with Crippen molar-refractivity contribution in [3.05, 3.63) is 173 Å². The molecule has 5 aromatic rings. The number of nitrogens with zero attached hydrogens (tertiary/aromatic N) is 1. The summed E-state index contributed by atoms with van der Waals surface area (Å²) in [5.74, 6) is -6.05. The number of nitrogens with one attached hydrogen (secondary N) is 1. The molecule has 1 aromatic heterocycles. The average molecular weight is 1200 g/mol. The number of aromatic nitrogens is 1. The highest BCUT2D eigenvalue weighted by molar-refractivity contribution is 8.76. The van der Waals surface area contributed by atoms with Gasteiger partial charge in [-0.1, -0.05) is 137 Å². The number of amides is 1. The molecule has 9 rings (SSSR count). The van der Waals surface area contributed by atoms with Crippen LogP contribution in [0.4, 0.5) is 4.79 Å². The quantitative estimate of drug-likeness (QED) is 0.0291. The number of hydrogen-bond donors (Lipinski definition) is 2.